The molecule has 1 amide bonds. The number of hydrogen-bond acceptors (Lipinski definition) is 3. The van der Waals surface area contributed by atoms with Crippen molar-refractivity contribution in [2.45, 2.75) is 44.3 Å². The standard InChI is InChI=1S/C15H12F6N2O2/c1-7-9(3-2-8(6-22)12(7)14(16,17)18)23-10(4-5-11(23)24)13(25)15(19,20)21/h2-3,10,13,25H,4-5H2,1H3/t10-,13+/m1/s1. The molecule has 2 rings (SSSR count). The molecule has 0 radical (unpaired) electrons. The smallest absolute Gasteiger partial charge is 0.382 e. The van der Waals surface area contributed by atoms with E-state index in [1.54, 1.807) is 0 Å². The van der Waals surface area contributed by atoms with Gasteiger partial charge in [-0.3, -0.25) is 4.79 Å². The van der Waals surface area contributed by atoms with Gasteiger partial charge in [0.05, 0.1) is 23.2 Å². The fourth-order valence-electron chi connectivity index (χ4n) is 2.96. The Balaban J connectivity index is 2.60. The Bertz CT molecular complexity index is 735. The summed E-state index contributed by atoms with van der Waals surface area (Å²) in [6.07, 6.45) is -13.5. The van der Waals surface area contributed by atoms with Crippen molar-refractivity contribution in [3.05, 3.63) is 28.8 Å². The number of carbonyl (C=O) groups excluding carboxylic acids is 1. The highest BCUT2D eigenvalue weighted by Gasteiger charge is 2.50. The van der Waals surface area contributed by atoms with Gasteiger partial charge < -0.3 is 10.0 Å². The second-order valence-corrected chi connectivity index (χ2v) is 5.60. The van der Waals surface area contributed by atoms with E-state index in [9.17, 15) is 36.2 Å². The molecule has 10 heteroatoms. The van der Waals surface area contributed by atoms with Crippen LogP contribution in [0.3, 0.4) is 0 Å². The topological polar surface area (TPSA) is 64.3 Å². The zero-order valence-electron chi connectivity index (χ0n) is 12.7. The number of carbonyl (C=O) groups is 1. The first kappa shape index (κ1) is 19.1. The van der Waals surface area contributed by atoms with Crippen molar-refractivity contribution in [3.63, 3.8) is 0 Å². The number of aliphatic hydroxyl groups is 1. The average Bonchev–Trinajstić information content (AvgIpc) is 2.85. The molecule has 1 fully saturated rings. The van der Waals surface area contributed by atoms with Crippen molar-refractivity contribution in [2.24, 2.45) is 0 Å². The Morgan fingerprint density at radius 3 is 2.36 bits per heavy atom. The molecule has 0 aliphatic carbocycles. The first-order valence-electron chi connectivity index (χ1n) is 7.07. The van der Waals surface area contributed by atoms with Gasteiger partial charge in [-0.2, -0.15) is 31.6 Å². The second kappa shape index (κ2) is 6.22. The molecule has 0 bridgehead atoms. The van der Waals surface area contributed by atoms with Crippen molar-refractivity contribution in [1.82, 2.24) is 0 Å². The highest BCUT2D eigenvalue weighted by atomic mass is 19.4. The lowest BCUT2D eigenvalue weighted by molar-refractivity contribution is -0.209. The lowest BCUT2D eigenvalue weighted by Gasteiger charge is -2.31. The quantitative estimate of drug-likeness (QED) is 0.817. The minimum absolute atomic E-state index is 0.335. The molecule has 25 heavy (non-hydrogen) atoms. The number of aliphatic hydroxyl groups excluding tert-OH is 1. The summed E-state index contributed by atoms with van der Waals surface area (Å²) in [5, 5.41) is 18.3. The minimum atomic E-state index is -5.03. The maximum absolute atomic E-state index is 13.2. The van der Waals surface area contributed by atoms with Crippen LogP contribution in [0, 0.1) is 18.3 Å². The zero-order chi connectivity index (χ0) is 19.2. The molecule has 1 heterocycles. The molecule has 1 aromatic carbocycles. The fraction of sp³-hybridized carbons (Fsp3) is 0.467. The normalized spacial score (nSPS) is 19.9. The van der Waals surface area contributed by atoms with E-state index >= 15 is 0 Å². The number of nitriles is 1. The molecule has 136 valence electrons. The Morgan fingerprint density at radius 2 is 1.88 bits per heavy atom. The molecule has 1 N–H and O–H groups in total. The largest absolute Gasteiger partial charge is 0.418 e. The zero-order valence-corrected chi connectivity index (χ0v) is 12.7. The number of amides is 1. The molecule has 2 atom stereocenters. The summed E-state index contributed by atoms with van der Waals surface area (Å²) in [5.74, 6) is -0.825. The van der Waals surface area contributed by atoms with E-state index in [1.165, 1.54) is 6.07 Å². The summed E-state index contributed by atoms with van der Waals surface area (Å²) in [4.78, 5) is 12.5. The third kappa shape index (κ3) is 3.42. The molecule has 0 saturated carbocycles. The first-order chi connectivity index (χ1) is 11.4. The number of nitrogens with zero attached hydrogens (tertiary/aromatic N) is 2. The van der Waals surface area contributed by atoms with Crippen LogP contribution in [-0.4, -0.2) is 29.3 Å². The van der Waals surface area contributed by atoms with Crippen LogP contribution in [0.5, 0.6) is 0 Å². The van der Waals surface area contributed by atoms with Crippen LogP contribution >= 0.6 is 0 Å². The molecule has 1 saturated heterocycles. The van der Waals surface area contributed by atoms with Crippen LogP contribution in [-0.2, 0) is 11.0 Å². The van der Waals surface area contributed by atoms with E-state index in [0.29, 0.717) is 4.90 Å². The van der Waals surface area contributed by atoms with Crippen molar-refractivity contribution in [3.8, 4) is 6.07 Å². The predicted octanol–water partition coefficient (Wildman–Crippen LogP) is 3.30. The number of hydrogen-bond donors (Lipinski definition) is 1. The van der Waals surface area contributed by atoms with Gasteiger partial charge in [-0.15, -0.1) is 0 Å². The van der Waals surface area contributed by atoms with E-state index in [1.807, 2.05) is 0 Å². The molecular weight excluding hydrogens is 354 g/mol. The summed E-state index contributed by atoms with van der Waals surface area (Å²) in [6.45, 7) is 0.974. The van der Waals surface area contributed by atoms with Crippen molar-refractivity contribution < 1.29 is 36.2 Å². The summed E-state index contributed by atoms with van der Waals surface area (Å²) in [7, 11) is 0. The van der Waals surface area contributed by atoms with Crippen LogP contribution in [0.2, 0.25) is 0 Å². The van der Waals surface area contributed by atoms with Gasteiger partial charge in [-0.1, -0.05) is 0 Å². The minimum Gasteiger partial charge on any atom is -0.382 e. The van der Waals surface area contributed by atoms with Gasteiger partial charge in [0.1, 0.15) is 0 Å². The van der Waals surface area contributed by atoms with Gasteiger partial charge in [0, 0.05) is 12.1 Å². The fourth-order valence-corrected chi connectivity index (χ4v) is 2.96. The van der Waals surface area contributed by atoms with E-state index < -0.39 is 52.8 Å². The van der Waals surface area contributed by atoms with E-state index in [2.05, 4.69) is 0 Å². The van der Waals surface area contributed by atoms with Crippen LogP contribution < -0.4 is 4.90 Å². The summed E-state index contributed by atoms with van der Waals surface area (Å²) in [5.41, 5.74) is -2.95. The molecular formula is C15H12F6N2O2. The number of benzene rings is 1. The van der Waals surface area contributed by atoms with Gasteiger partial charge in [-0.05, 0) is 31.0 Å². The van der Waals surface area contributed by atoms with Crippen molar-refractivity contribution in [1.29, 1.82) is 5.26 Å². The number of rotatable bonds is 2. The third-order valence-corrected chi connectivity index (χ3v) is 4.05. The van der Waals surface area contributed by atoms with Crippen LogP contribution in [0.4, 0.5) is 32.0 Å². The molecule has 0 spiro atoms. The van der Waals surface area contributed by atoms with Crippen LogP contribution in [0.15, 0.2) is 12.1 Å². The summed E-state index contributed by atoms with van der Waals surface area (Å²) < 4.78 is 78.0. The first-order valence-corrected chi connectivity index (χ1v) is 7.07. The van der Waals surface area contributed by atoms with Gasteiger partial charge in [0.25, 0.3) is 0 Å². The monoisotopic (exact) mass is 366 g/mol. The summed E-state index contributed by atoms with van der Waals surface area (Å²) >= 11 is 0. The SMILES string of the molecule is Cc1c(N2C(=O)CC[C@@H]2[C@H](O)C(F)(F)F)ccc(C#N)c1C(F)(F)F. The van der Waals surface area contributed by atoms with Crippen molar-refractivity contribution in [2.75, 3.05) is 4.90 Å². The van der Waals surface area contributed by atoms with Gasteiger partial charge >= 0.3 is 12.4 Å². The Morgan fingerprint density at radius 1 is 1.28 bits per heavy atom. The summed E-state index contributed by atoms with van der Waals surface area (Å²) in [6, 6.07) is 1.44. The maximum atomic E-state index is 13.2. The lowest BCUT2D eigenvalue weighted by atomic mass is 9.98. The van der Waals surface area contributed by atoms with Crippen LogP contribution in [0.25, 0.3) is 0 Å². The molecule has 0 aromatic heterocycles. The van der Waals surface area contributed by atoms with Gasteiger partial charge in [-0.25, -0.2) is 0 Å². The molecule has 1 aromatic rings. The van der Waals surface area contributed by atoms with Crippen molar-refractivity contribution >= 4 is 11.6 Å². The van der Waals surface area contributed by atoms with E-state index in [0.717, 1.165) is 19.1 Å². The molecule has 1 aliphatic heterocycles. The number of halogens is 6. The predicted molar refractivity (Wildman–Crippen MR) is 73.5 cm³/mol. The Labute approximate surface area is 138 Å². The molecule has 0 unspecified atom stereocenters. The Hall–Kier alpha value is -2.28. The average molecular weight is 366 g/mol. The lowest BCUT2D eigenvalue weighted by Crippen LogP contribution is -2.48. The number of alkyl halides is 6. The van der Waals surface area contributed by atoms with Gasteiger partial charge in [0.15, 0.2) is 6.10 Å². The highest BCUT2D eigenvalue weighted by molar-refractivity contribution is 5.97. The molecule has 4 nitrogen and oxygen atoms in total. The van der Waals surface area contributed by atoms with E-state index in [4.69, 9.17) is 5.26 Å². The van der Waals surface area contributed by atoms with Crippen LogP contribution in [0.1, 0.15) is 29.5 Å². The van der Waals surface area contributed by atoms with E-state index in [-0.39, 0.29) is 12.8 Å². The third-order valence-electron chi connectivity index (χ3n) is 4.05. The Kier molecular flexibility index (Phi) is 4.74. The molecule has 1 aliphatic rings. The van der Waals surface area contributed by atoms with Gasteiger partial charge in [0.2, 0.25) is 5.91 Å². The maximum Gasteiger partial charge on any atom is 0.418 e. The second-order valence-electron chi connectivity index (χ2n) is 5.60. The number of anilines is 1. The highest BCUT2D eigenvalue weighted by Crippen LogP contribution is 2.41.